The van der Waals surface area contributed by atoms with Gasteiger partial charge in [0.1, 0.15) is 5.60 Å². The second-order valence-electron chi connectivity index (χ2n) is 5.36. The normalized spacial score (nSPS) is 28.9. The molecule has 4 nitrogen and oxygen atoms in total. The molecule has 96 valence electrons. The van der Waals surface area contributed by atoms with Crippen molar-refractivity contribution in [2.75, 3.05) is 13.1 Å². The SMILES string of the molecule is C[C@@H]1CN(CC#CC(C)(C)O)[C@H](C)CC1=NN. The van der Waals surface area contributed by atoms with E-state index in [1.807, 2.05) is 0 Å². The fourth-order valence-electron chi connectivity index (χ4n) is 2.03. The highest BCUT2D eigenvalue weighted by atomic mass is 16.3. The average Bonchev–Trinajstić information content (AvgIpc) is 2.20. The number of likely N-dealkylation sites (tertiary alicyclic amines) is 1. The number of hydrazone groups is 1. The molecule has 0 saturated carbocycles. The maximum atomic E-state index is 9.52. The first-order chi connectivity index (χ1) is 7.83. The van der Waals surface area contributed by atoms with Crippen molar-refractivity contribution in [1.29, 1.82) is 0 Å². The maximum absolute atomic E-state index is 9.52. The molecule has 0 aromatic heterocycles. The minimum atomic E-state index is -0.908. The predicted octanol–water partition coefficient (Wildman–Crippen LogP) is 0.806. The second kappa shape index (κ2) is 5.52. The monoisotopic (exact) mass is 237 g/mol. The maximum Gasteiger partial charge on any atom is 0.120 e. The molecule has 3 N–H and O–H groups in total. The van der Waals surface area contributed by atoms with Crippen molar-refractivity contribution in [2.24, 2.45) is 16.9 Å². The van der Waals surface area contributed by atoms with Gasteiger partial charge in [-0.25, -0.2) is 0 Å². The van der Waals surface area contributed by atoms with Gasteiger partial charge in [0.25, 0.3) is 0 Å². The van der Waals surface area contributed by atoms with Gasteiger partial charge in [0.15, 0.2) is 0 Å². The third-order valence-corrected chi connectivity index (χ3v) is 3.05. The summed E-state index contributed by atoms with van der Waals surface area (Å²) in [7, 11) is 0. The van der Waals surface area contributed by atoms with E-state index < -0.39 is 5.60 Å². The van der Waals surface area contributed by atoms with Crippen LogP contribution < -0.4 is 5.84 Å². The summed E-state index contributed by atoms with van der Waals surface area (Å²) in [4.78, 5) is 2.30. The number of nitrogens with two attached hydrogens (primary N) is 1. The van der Waals surface area contributed by atoms with Crippen LogP contribution in [0.2, 0.25) is 0 Å². The van der Waals surface area contributed by atoms with Crippen LogP contribution in [0.15, 0.2) is 5.10 Å². The largest absolute Gasteiger partial charge is 0.378 e. The van der Waals surface area contributed by atoms with Gasteiger partial charge in [0.05, 0.1) is 6.54 Å². The lowest BCUT2D eigenvalue weighted by molar-refractivity contribution is 0.143. The number of nitrogens with zero attached hydrogens (tertiary/aromatic N) is 2. The molecule has 2 atom stereocenters. The Labute approximate surface area is 104 Å². The van der Waals surface area contributed by atoms with Crippen LogP contribution >= 0.6 is 0 Å². The van der Waals surface area contributed by atoms with E-state index in [1.54, 1.807) is 13.8 Å². The molecule has 1 fully saturated rings. The van der Waals surface area contributed by atoms with E-state index in [9.17, 15) is 5.11 Å². The van der Waals surface area contributed by atoms with Crippen molar-refractivity contribution in [3.8, 4) is 11.8 Å². The van der Waals surface area contributed by atoms with E-state index >= 15 is 0 Å². The summed E-state index contributed by atoms with van der Waals surface area (Å²) in [6.07, 6.45) is 0.905. The van der Waals surface area contributed by atoms with Gasteiger partial charge in [0.2, 0.25) is 0 Å². The van der Waals surface area contributed by atoms with Crippen LogP contribution in [-0.4, -0.2) is 40.5 Å². The van der Waals surface area contributed by atoms with E-state index in [0.717, 1.165) is 18.7 Å². The zero-order valence-corrected chi connectivity index (χ0v) is 11.2. The van der Waals surface area contributed by atoms with E-state index in [1.165, 1.54) is 0 Å². The summed E-state index contributed by atoms with van der Waals surface area (Å²) < 4.78 is 0. The van der Waals surface area contributed by atoms with Gasteiger partial charge in [-0.15, -0.1) is 0 Å². The number of aliphatic hydroxyl groups is 1. The molecule has 0 aromatic rings. The van der Waals surface area contributed by atoms with Crippen LogP contribution in [0.4, 0.5) is 0 Å². The summed E-state index contributed by atoms with van der Waals surface area (Å²) in [6, 6.07) is 0.407. The summed E-state index contributed by atoms with van der Waals surface area (Å²) in [6.45, 7) is 9.30. The summed E-state index contributed by atoms with van der Waals surface area (Å²) in [5.74, 6) is 11.6. The summed E-state index contributed by atoms with van der Waals surface area (Å²) in [5, 5.41) is 13.4. The third-order valence-electron chi connectivity index (χ3n) is 3.05. The van der Waals surface area contributed by atoms with E-state index in [2.05, 4.69) is 35.7 Å². The van der Waals surface area contributed by atoms with Gasteiger partial charge in [-0.2, -0.15) is 5.10 Å². The van der Waals surface area contributed by atoms with Crippen LogP contribution in [0.1, 0.15) is 34.1 Å². The number of piperidine rings is 1. The minimum Gasteiger partial charge on any atom is -0.378 e. The van der Waals surface area contributed by atoms with Crippen molar-refractivity contribution >= 4 is 5.71 Å². The third kappa shape index (κ3) is 4.37. The first kappa shape index (κ1) is 14.0. The zero-order chi connectivity index (χ0) is 13.1. The molecule has 0 amide bonds. The molecule has 1 aliphatic rings. The molecule has 0 aromatic carbocycles. The topological polar surface area (TPSA) is 61.8 Å². The Balaban J connectivity index is 2.58. The lowest BCUT2D eigenvalue weighted by Gasteiger charge is -2.36. The molecule has 1 rings (SSSR count). The molecule has 0 aliphatic carbocycles. The van der Waals surface area contributed by atoms with E-state index in [4.69, 9.17) is 5.84 Å². The zero-order valence-electron chi connectivity index (χ0n) is 11.2. The van der Waals surface area contributed by atoms with Crippen molar-refractivity contribution in [3.05, 3.63) is 0 Å². The number of rotatable bonds is 1. The van der Waals surface area contributed by atoms with E-state index in [-0.39, 0.29) is 0 Å². The van der Waals surface area contributed by atoms with Gasteiger partial charge in [-0.1, -0.05) is 18.8 Å². The van der Waals surface area contributed by atoms with Crippen LogP contribution in [0.5, 0.6) is 0 Å². The summed E-state index contributed by atoms with van der Waals surface area (Å²) in [5.41, 5.74) is 0.179. The number of hydrogen-bond acceptors (Lipinski definition) is 4. The summed E-state index contributed by atoms with van der Waals surface area (Å²) >= 11 is 0. The van der Waals surface area contributed by atoms with Gasteiger partial charge in [-0.3, -0.25) is 4.90 Å². The number of hydrogen-bond donors (Lipinski definition) is 2. The van der Waals surface area contributed by atoms with Crippen molar-refractivity contribution in [3.63, 3.8) is 0 Å². The van der Waals surface area contributed by atoms with Crippen molar-refractivity contribution < 1.29 is 5.11 Å². The molecule has 0 radical (unpaired) electrons. The van der Waals surface area contributed by atoms with Crippen LogP contribution in [0.25, 0.3) is 0 Å². The molecule has 1 heterocycles. The molecule has 0 unspecified atom stereocenters. The molecular formula is C13H23N3O. The van der Waals surface area contributed by atoms with Crippen LogP contribution in [0, 0.1) is 17.8 Å². The molecular weight excluding hydrogens is 214 g/mol. The van der Waals surface area contributed by atoms with Crippen LogP contribution in [0.3, 0.4) is 0 Å². The van der Waals surface area contributed by atoms with Gasteiger partial charge < -0.3 is 10.9 Å². The highest BCUT2D eigenvalue weighted by Crippen LogP contribution is 2.18. The Morgan fingerprint density at radius 2 is 2.18 bits per heavy atom. The highest BCUT2D eigenvalue weighted by molar-refractivity contribution is 5.87. The molecule has 4 heteroatoms. The molecule has 17 heavy (non-hydrogen) atoms. The lowest BCUT2D eigenvalue weighted by Crippen LogP contribution is -2.46. The Hall–Kier alpha value is -1.05. The molecule has 0 spiro atoms. The smallest absolute Gasteiger partial charge is 0.120 e. The Bertz CT molecular complexity index is 346. The Morgan fingerprint density at radius 3 is 2.71 bits per heavy atom. The lowest BCUT2D eigenvalue weighted by atomic mass is 9.93. The second-order valence-corrected chi connectivity index (χ2v) is 5.36. The Morgan fingerprint density at radius 1 is 1.53 bits per heavy atom. The fourth-order valence-corrected chi connectivity index (χ4v) is 2.03. The Kier molecular flexibility index (Phi) is 4.55. The van der Waals surface area contributed by atoms with Gasteiger partial charge in [0, 0.05) is 30.6 Å². The first-order valence-electron chi connectivity index (χ1n) is 6.06. The highest BCUT2D eigenvalue weighted by Gasteiger charge is 2.27. The van der Waals surface area contributed by atoms with Gasteiger partial charge >= 0.3 is 0 Å². The fraction of sp³-hybridized carbons (Fsp3) is 0.769. The molecule has 1 aliphatic heterocycles. The van der Waals surface area contributed by atoms with Crippen molar-refractivity contribution in [1.82, 2.24) is 4.90 Å². The van der Waals surface area contributed by atoms with Gasteiger partial charge in [-0.05, 0) is 20.8 Å². The van der Waals surface area contributed by atoms with E-state index in [0.29, 0.717) is 18.5 Å². The average molecular weight is 237 g/mol. The van der Waals surface area contributed by atoms with Crippen molar-refractivity contribution in [2.45, 2.75) is 45.8 Å². The van der Waals surface area contributed by atoms with Crippen LogP contribution in [-0.2, 0) is 0 Å². The molecule has 0 bridgehead atoms. The first-order valence-corrected chi connectivity index (χ1v) is 6.06. The predicted molar refractivity (Wildman–Crippen MR) is 70.5 cm³/mol. The quantitative estimate of drug-likeness (QED) is 0.403. The standard InChI is InChI=1S/C13H23N3O/c1-10-9-16(7-5-6-13(3,4)17)11(2)8-12(10)15-14/h10-11,17H,7-9,14H2,1-4H3/t10-,11-/m1/s1. The molecule has 1 saturated heterocycles. The minimum absolute atomic E-state index is 0.389.